The van der Waals surface area contributed by atoms with Crippen LogP contribution in [0.15, 0.2) is 54.6 Å². The molecule has 2 fully saturated rings. The van der Waals surface area contributed by atoms with Crippen molar-refractivity contribution < 1.29 is 9.53 Å². The maximum Gasteiger partial charge on any atom is 0.226 e. The van der Waals surface area contributed by atoms with Gasteiger partial charge in [-0.15, -0.1) is 0 Å². The van der Waals surface area contributed by atoms with Gasteiger partial charge in [-0.05, 0) is 36.6 Å². The number of piperazine rings is 1. The molecule has 0 saturated carbocycles. The molecule has 0 N–H and O–H groups in total. The third kappa shape index (κ3) is 5.62. The summed E-state index contributed by atoms with van der Waals surface area (Å²) in [6.45, 7) is 8.96. The second-order valence-electron chi connectivity index (χ2n) is 9.08. The zero-order valence-electron chi connectivity index (χ0n) is 19.6. The van der Waals surface area contributed by atoms with Gasteiger partial charge in [0.05, 0.1) is 11.6 Å². The fraction of sp³-hybridized carbons (Fsp3) is 0.481. The van der Waals surface area contributed by atoms with Gasteiger partial charge in [-0.3, -0.25) is 14.6 Å². The van der Waals surface area contributed by atoms with Crippen molar-refractivity contribution >= 4 is 11.6 Å². The molecular weight excluding hydrogens is 412 g/mol. The van der Waals surface area contributed by atoms with Gasteiger partial charge >= 0.3 is 0 Å². The average molecular weight is 447 g/mol. The quantitative estimate of drug-likeness (QED) is 0.650. The number of ether oxygens (including phenoxy) is 1. The number of carbonyl (C=O) groups excluding carboxylic acids is 1. The molecule has 0 unspecified atom stereocenters. The fourth-order valence-electron chi connectivity index (χ4n) is 5.10. The molecule has 0 atom stereocenters. The molecule has 2 aromatic rings. The van der Waals surface area contributed by atoms with E-state index in [1.54, 1.807) is 6.07 Å². The lowest BCUT2D eigenvalue weighted by atomic mass is 9.86. The molecule has 4 rings (SSSR count). The van der Waals surface area contributed by atoms with Crippen LogP contribution in [-0.2, 0) is 16.1 Å². The van der Waals surface area contributed by atoms with Gasteiger partial charge in [0, 0.05) is 70.1 Å². The van der Waals surface area contributed by atoms with Crippen LogP contribution in [-0.4, -0.2) is 67.2 Å². The Morgan fingerprint density at radius 2 is 1.79 bits per heavy atom. The zero-order chi connectivity index (χ0) is 23.1. The van der Waals surface area contributed by atoms with E-state index >= 15 is 0 Å². The van der Waals surface area contributed by atoms with Crippen molar-refractivity contribution in [2.45, 2.75) is 38.3 Å². The maximum atomic E-state index is 13.1. The van der Waals surface area contributed by atoms with Crippen molar-refractivity contribution in [2.24, 2.45) is 0 Å². The van der Waals surface area contributed by atoms with E-state index in [-0.39, 0.29) is 11.4 Å². The van der Waals surface area contributed by atoms with E-state index in [1.807, 2.05) is 30.0 Å². The number of amides is 1. The van der Waals surface area contributed by atoms with Crippen molar-refractivity contribution in [3.8, 4) is 6.07 Å². The van der Waals surface area contributed by atoms with Crippen LogP contribution in [0.25, 0.3) is 0 Å². The van der Waals surface area contributed by atoms with Gasteiger partial charge in [0.2, 0.25) is 5.91 Å². The van der Waals surface area contributed by atoms with Gasteiger partial charge in [-0.1, -0.05) is 43.3 Å². The highest BCUT2D eigenvalue weighted by Gasteiger charge is 2.42. The standard InChI is InChI=1S/C27H34N4O2/c1-2-26(32)31(25-10-6-9-24(19-25)20-28)22-27(11-17-33-18-12-27)30-15-13-29(14-16-30)21-23-7-4-3-5-8-23/h3-10,19H,2,11-18,21-22H2,1H3. The molecule has 2 saturated heterocycles. The molecular formula is C27H34N4O2. The first-order valence-corrected chi connectivity index (χ1v) is 12.0. The molecule has 0 spiro atoms. The predicted molar refractivity (Wildman–Crippen MR) is 130 cm³/mol. The molecule has 6 nitrogen and oxygen atoms in total. The second kappa shape index (κ2) is 10.9. The number of nitriles is 1. The summed E-state index contributed by atoms with van der Waals surface area (Å²) in [5, 5.41) is 9.36. The summed E-state index contributed by atoms with van der Waals surface area (Å²) in [4.78, 5) is 20.1. The van der Waals surface area contributed by atoms with Crippen LogP contribution in [0, 0.1) is 11.3 Å². The van der Waals surface area contributed by atoms with E-state index in [2.05, 4.69) is 46.2 Å². The van der Waals surface area contributed by atoms with E-state index in [0.717, 1.165) is 64.5 Å². The van der Waals surface area contributed by atoms with Crippen LogP contribution in [0.4, 0.5) is 5.69 Å². The number of benzene rings is 2. The number of anilines is 1. The largest absolute Gasteiger partial charge is 0.381 e. The Bertz CT molecular complexity index is 958. The molecule has 0 aliphatic carbocycles. The number of hydrogen-bond donors (Lipinski definition) is 0. The van der Waals surface area contributed by atoms with E-state index in [9.17, 15) is 10.1 Å². The number of carbonyl (C=O) groups is 1. The molecule has 2 heterocycles. The molecule has 33 heavy (non-hydrogen) atoms. The highest BCUT2D eigenvalue weighted by Crippen LogP contribution is 2.32. The highest BCUT2D eigenvalue weighted by atomic mass is 16.5. The second-order valence-corrected chi connectivity index (χ2v) is 9.08. The Balaban J connectivity index is 1.51. The normalized spacial score (nSPS) is 19.0. The minimum absolute atomic E-state index is 0.0960. The van der Waals surface area contributed by atoms with Gasteiger partial charge in [0.15, 0.2) is 0 Å². The van der Waals surface area contributed by atoms with Crippen LogP contribution < -0.4 is 4.90 Å². The average Bonchev–Trinajstić information content (AvgIpc) is 2.88. The summed E-state index contributed by atoms with van der Waals surface area (Å²) in [6, 6.07) is 20.3. The van der Waals surface area contributed by atoms with Gasteiger partial charge in [0.1, 0.15) is 0 Å². The molecule has 6 heteroatoms. The van der Waals surface area contributed by atoms with Crippen molar-refractivity contribution in [1.82, 2.24) is 9.80 Å². The van der Waals surface area contributed by atoms with Crippen molar-refractivity contribution in [2.75, 3.05) is 50.8 Å². The summed E-state index contributed by atoms with van der Waals surface area (Å²) in [5.74, 6) is 0.0960. The molecule has 2 aliphatic heterocycles. The molecule has 0 aromatic heterocycles. The lowest BCUT2D eigenvalue weighted by Crippen LogP contribution is -2.63. The minimum atomic E-state index is -0.107. The van der Waals surface area contributed by atoms with Crippen LogP contribution in [0.5, 0.6) is 0 Å². The molecule has 0 radical (unpaired) electrons. The third-order valence-corrected chi connectivity index (χ3v) is 7.06. The summed E-state index contributed by atoms with van der Waals surface area (Å²) < 4.78 is 5.74. The number of hydrogen-bond acceptors (Lipinski definition) is 5. The number of nitrogens with zero attached hydrogens (tertiary/aromatic N) is 4. The SMILES string of the molecule is CCC(=O)N(CC1(N2CCN(Cc3ccccc3)CC2)CCOCC1)c1cccc(C#N)c1. The van der Waals surface area contributed by atoms with Gasteiger partial charge in [-0.2, -0.15) is 5.26 Å². The lowest BCUT2D eigenvalue weighted by Gasteiger charge is -2.51. The van der Waals surface area contributed by atoms with Crippen LogP contribution in [0.3, 0.4) is 0 Å². The van der Waals surface area contributed by atoms with Crippen molar-refractivity contribution in [3.05, 3.63) is 65.7 Å². The van der Waals surface area contributed by atoms with Crippen LogP contribution in [0.1, 0.15) is 37.3 Å². The van der Waals surface area contributed by atoms with Gasteiger partial charge in [0.25, 0.3) is 0 Å². The first kappa shape index (κ1) is 23.4. The Morgan fingerprint density at radius 1 is 1.06 bits per heavy atom. The van der Waals surface area contributed by atoms with Crippen LogP contribution >= 0.6 is 0 Å². The molecule has 2 aromatic carbocycles. The monoisotopic (exact) mass is 446 g/mol. The van der Waals surface area contributed by atoms with Crippen LogP contribution in [0.2, 0.25) is 0 Å². The van der Waals surface area contributed by atoms with Gasteiger partial charge < -0.3 is 9.64 Å². The van der Waals surface area contributed by atoms with E-state index in [0.29, 0.717) is 18.5 Å². The first-order chi connectivity index (χ1) is 16.1. The summed E-state index contributed by atoms with van der Waals surface area (Å²) in [6.07, 6.45) is 2.27. The Hall–Kier alpha value is -2.72. The Morgan fingerprint density at radius 3 is 2.45 bits per heavy atom. The summed E-state index contributed by atoms with van der Waals surface area (Å²) >= 11 is 0. The molecule has 0 bridgehead atoms. The Kier molecular flexibility index (Phi) is 7.77. The topological polar surface area (TPSA) is 59.8 Å². The minimum Gasteiger partial charge on any atom is -0.381 e. The van der Waals surface area contributed by atoms with E-state index in [4.69, 9.17) is 4.74 Å². The maximum absolute atomic E-state index is 13.1. The first-order valence-electron chi connectivity index (χ1n) is 12.0. The van der Waals surface area contributed by atoms with E-state index in [1.165, 1.54) is 5.56 Å². The lowest BCUT2D eigenvalue weighted by molar-refractivity contribution is -0.119. The molecule has 1 amide bonds. The fourth-order valence-corrected chi connectivity index (χ4v) is 5.10. The van der Waals surface area contributed by atoms with Crippen molar-refractivity contribution in [3.63, 3.8) is 0 Å². The van der Waals surface area contributed by atoms with E-state index < -0.39 is 0 Å². The molecule has 174 valence electrons. The number of rotatable bonds is 7. The summed E-state index contributed by atoms with van der Waals surface area (Å²) in [7, 11) is 0. The Labute approximate surface area is 197 Å². The predicted octanol–water partition coefficient (Wildman–Crippen LogP) is 3.67. The summed E-state index contributed by atoms with van der Waals surface area (Å²) in [5.41, 5.74) is 2.64. The molecule has 2 aliphatic rings. The van der Waals surface area contributed by atoms with Gasteiger partial charge in [-0.25, -0.2) is 0 Å². The zero-order valence-corrected chi connectivity index (χ0v) is 19.6. The third-order valence-electron chi connectivity index (χ3n) is 7.06. The highest BCUT2D eigenvalue weighted by molar-refractivity contribution is 5.93. The van der Waals surface area contributed by atoms with Crippen molar-refractivity contribution in [1.29, 1.82) is 5.26 Å². The smallest absolute Gasteiger partial charge is 0.226 e.